The normalized spacial score (nSPS) is 11.0. The molecule has 0 saturated carbocycles. The number of amides is 1. The molecule has 0 aliphatic heterocycles. The maximum absolute atomic E-state index is 12.3. The van der Waals surface area contributed by atoms with Crippen LogP contribution >= 0.6 is 11.6 Å². The van der Waals surface area contributed by atoms with Gasteiger partial charge in [0.05, 0.1) is 0 Å². The molecule has 0 aliphatic rings. The highest BCUT2D eigenvalue weighted by Gasteiger charge is 2.13. The minimum atomic E-state index is -0.263. The van der Waals surface area contributed by atoms with Gasteiger partial charge in [0.25, 0.3) is 5.91 Å². The summed E-state index contributed by atoms with van der Waals surface area (Å²) in [5.74, 6) is 0.350. The van der Waals surface area contributed by atoms with Crippen LogP contribution < -0.4 is 11.1 Å². The predicted molar refractivity (Wildman–Crippen MR) is 110 cm³/mol. The summed E-state index contributed by atoms with van der Waals surface area (Å²) in [5.41, 5.74) is 9.86. The molecule has 0 spiro atoms. The molecule has 6 nitrogen and oxygen atoms in total. The van der Waals surface area contributed by atoms with E-state index in [4.69, 9.17) is 21.9 Å². The van der Waals surface area contributed by atoms with E-state index >= 15 is 0 Å². The zero-order chi connectivity index (χ0) is 19.5. The number of benzene rings is 2. The molecule has 0 bridgehead atoms. The lowest BCUT2D eigenvalue weighted by molar-refractivity contribution is 0.0945. The number of nitrogens with zero attached hydrogens (tertiary/aromatic N) is 1. The summed E-state index contributed by atoms with van der Waals surface area (Å²) in [7, 11) is 0. The summed E-state index contributed by atoms with van der Waals surface area (Å²) in [4.78, 5) is 15.5. The first-order chi connectivity index (χ1) is 13.6. The van der Waals surface area contributed by atoms with E-state index in [1.807, 2.05) is 48.7 Å². The number of aromatic amines is 1. The van der Waals surface area contributed by atoms with Crippen molar-refractivity contribution in [3.05, 3.63) is 82.3 Å². The van der Waals surface area contributed by atoms with E-state index in [0.717, 1.165) is 22.0 Å². The number of fused-ring (bicyclic) bond motifs is 1. The minimum Gasteiger partial charge on any atom is -0.399 e. The Bertz CT molecular complexity index is 1130. The van der Waals surface area contributed by atoms with Gasteiger partial charge in [0.15, 0.2) is 5.69 Å². The van der Waals surface area contributed by atoms with Gasteiger partial charge in [-0.1, -0.05) is 28.9 Å². The molecule has 0 fully saturated rings. The average Bonchev–Trinajstić information content (AvgIpc) is 3.29. The molecule has 7 heteroatoms. The van der Waals surface area contributed by atoms with Gasteiger partial charge in [-0.3, -0.25) is 4.79 Å². The third kappa shape index (κ3) is 4.02. The summed E-state index contributed by atoms with van der Waals surface area (Å²) >= 11 is 6.07. The molecule has 142 valence electrons. The van der Waals surface area contributed by atoms with Crippen LogP contribution in [0, 0.1) is 0 Å². The summed E-state index contributed by atoms with van der Waals surface area (Å²) in [5, 5.41) is 8.49. The molecule has 2 aromatic carbocycles. The van der Waals surface area contributed by atoms with Crippen molar-refractivity contribution < 1.29 is 9.32 Å². The van der Waals surface area contributed by atoms with Gasteiger partial charge in [-0.25, -0.2) is 0 Å². The highest BCUT2D eigenvalue weighted by atomic mass is 35.5. The Hall–Kier alpha value is -3.25. The Kier molecular flexibility index (Phi) is 5.04. The quantitative estimate of drug-likeness (QED) is 0.431. The molecule has 4 N–H and O–H groups in total. The Balaban J connectivity index is 1.35. The topological polar surface area (TPSA) is 96.9 Å². The molecule has 4 rings (SSSR count). The zero-order valence-electron chi connectivity index (χ0n) is 15.0. The molecule has 0 atom stereocenters. The van der Waals surface area contributed by atoms with Crippen molar-refractivity contribution in [2.75, 3.05) is 12.3 Å². The van der Waals surface area contributed by atoms with Gasteiger partial charge in [0.1, 0.15) is 5.76 Å². The number of carbonyl (C=O) groups excluding carboxylic acids is 1. The number of carbonyl (C=O) groups is 1. The van der Waals surface area contributed by atoms with Crippen LogP contribution in [0.2, 0.25) is 5.02 Å². The van der Waals surface area contributed by atoms with Crippen LogP contribution in [-0.2, 0) is 12.8 Å². The smallest absolute Gasteiger partial charge is 0.273 e. The summed E-state index contributed by atoms with van der Waals surface area (Å²) in [6.07, 6.45) is 3.15. The average molecular weight is 395 g/mol. The second-order valence-corrected chi connectivity index (χ2v) is 7.05. The first-order valence-corrected chi connectivity index (χ1v) is 9.30. The van der Waals surface area contributed by atoms with Gasteiger partial charge in [-0.05, 0) is 47.9 Å². The van der Waals surface area contributed by atoms with Crippen LogP contribution in [0.3, 0.4) is 0 Å². The monoisotopic (exact) mass is 394 g/mol. The molecule has 2 heterocycles. The van der Waals surface area contributed by atoms with Crippen LogP contribution in [-0.4, -0.2) is 22.6 Å². The van der Waals surface area contributed by atoms with Crippen LogP contribution in [0.5, 0.6) is 0 Å². The van der Waals surface area contributed by atoms with Crippen molar-refractivity contribution in [3.63, 3.8) is 0 Å². The number of hydrogen-bond acceptors (Lipinski definition) is 4. The van der Waals surface area contributed by atoms with Gasteiger partial charge >= 0.3 is 0 Å². The fourth-order valence-electron chi connectivity index (χ4n) is 3.17. The Morgan fingerprint density at radius 3 is 2.96 bits per heavy atom. The largest absolute Gasteiger partial charge is 0.399 e. The third-order valence-corrected chi connectivity index (χ3v) is 4.77. The molecule has 2 aromatic heterocycles. The summed E-state index contributed by atoms with van der Waals surface area (Å²) < 4.78 is 5.28. The van der Waals surface area contributed by atoms with Crippen molar-refractivity contribution in [2.45, 2.75) is 12.8 Å². The second-order valence-electron chi connectivity index (χ2n) is 6.61. The van der Waals surface area contributed by atoms with Gasteiger partial charge in [0.2, 0.25) is 0 Å². The van der Waals surface area contributed by atoms with Crippen molar-refractivity contribution in [2.24, 2.45) is 0 Å². The number of H-pyrrole nitrogens is 1. The van der Waals surface area contributed by atoms with Crippen molar-refractivity contribution in [1.29, 1.82) is 0 Å². The molecule has 28 heavy (non-hydrogen) atoms. The number of rotatable bonds is 6. The highest BCUT2D eigenvalue weighted by Crippen LogP contribution is 2.22. The Morgan fingerprint density at radius 2 is 2.11 bits per heavy atom. The number of anilines is 1. The lowest BCUT2D eigenvalue weighted by Gasteiger charge is -2.02. The second kappa shape index (κ2) is 7.78. The third-order valence-electron chi connectivity index (χ3n) is 4.53. The Morgan fingerprint density at radius 1 is 1.21 bits per heavy atom. The van der Waals surface area contributed by atoms with E-state index in [-0.39, 0.29) is 11.6 Å². The maximum atomic E-state index is 12.3. The predicted octanol–water partition coefficient (Wildman–Crippen LogP) is 3.95. The summed E-state index contributed by atoms with van der Waals surface area (Å²) in [6.45, 7) is 0.482. The van der Waals surface area contributed by atoms with Crippen LogP contribution in [0.25, 0.3) is 10.9 Å². The molecule has 0 unspecified atom stereocenters. The van der Waals surface area contributed by atoms with E-state index < -0.39 is 0 Å². The van der Waals surface area contributed by atoms with Crippen LogP contribution in [0.4, 0.5) is 5.69 Å². The highest BCUT2D eigenvalue weighted by molar-refractivity contribution is 6.31. The standard InChI is InChI=1S/C21H19ClN4O2/c22-15-4-5-19-18(10-15)14(12-25-19)6-7-24-21(27)20-11-17(28-26-20)9-13-2-1-3-16(23)8-13/h1-5,8,10-12,25H,6-7,9,23H2,(H,24,27). The fourth-order valence-corrected chi connectivity index (χ4v) is 3.34. The fraction of sp³-hybridized carbons (Fsp3) is 0.143. The maximum Gasteiger partial charge on any atom is 0.273 e. The number of nitrogen functional groups attached to an aromatic ring is 1. The van der Waals surface area contributed by atoms with Crippen molar-refractivity contribution in [1.82, 2.24) is 15.5 Å². The van der Waals surface area contributed by atoms with E-state index in [9.17, 15) is 4.79 Å². The van der Waals surface area contributed by atoms with Crippen LogP contribution in [0.15, 0.2) is 59.3 Å². The number of aromatic nitrogens is 2. The summed E-state index contributed by atoms with van der Waals surface area (Å²) in [6, 6.07) is 14.9. The molecule has 0 aliphatic carbocycles. The first kappa shape index (κ1) is 18.1. The number of halogens is 1. The van der Waals surface area contributed by atoms with Gasteiger partial charge in [0, 0.05) is 46.8 Å². The van der Waals surface area contributed by atoms with E-state index in [1.54, 1.807) is 6.07 Å². The lowest BCUT2D eigenvalue weighted by Crippen LogP contribution is -2.25. The first-order valence-electron chi connectivity index (χ1n) is 8.92. The van der Waals surface area contributed by atoms with E-state index in [1.165, 1.54) is 0 Å². The minimum absolute atomic E-state index is 0.263. The van der Waals surface area contributed by atoms with Crippen LogP contribution in [0.1, 0.15) is 27.4 Å². The molecule has 4 aromatic rings. The number of nitrogens with two attached hydrogens (primary N) is 1. The molecule has 0 saturated heterocycles. The lowest BCUT2D eigenvalue weighted by atomic mass is 10.1. The van der Waals surface area contributed by atoms with Gasteiger partial charge < -0.3 is 20.6 Å². The Labute approximate surface area is 166 Å². The zero-order valence-corrected chi connectivity index (χ0v) is 15.8. The van der Waals surface area contributed by atoms with Gasteiger partial charge in [-0.15, -0.1) is 0 Å². The molecular formula is C21H19ClN4O2. The van der Waals surface area contributed by atoms with Crippen molar-refractivity contribution >= 4 is 34.1 Å². The molecular weight excluding hydrogens is 376 g/mol. The number of hydrogen-bond donors (Lipinski definition) is 3. The van der Waals surface area contributed by atoms with E-state index in [0.29, 0.717) is 35.9 Å². The number of nitrogens with one attached hydrogen (secondary N) is 2. The van der Waals surface area contributed by atoms with E-state index in [2.05, 4.69) is 15.5 Å². The molecule has 1 amide bonds. The van der Waals surface area contributed by atoms with Crippen molar-refractivity contribution in [3.8, 4) is 0 Å². The molecule has 0 radical (unpaired) electrons. The van der Waals surface area contributed by atoms with Gasteiger partial charge in [-0.2, -0.15) is 0 Å². The SMILES string of the molecule is Nc1cccc(Cc2cc(C(=O)NCCc3c[nH]c4ccc(Cl)cc34)no2)c1.